The van der Waals surface area contributed by atoms with Gasteiger partial charge in [0, 0.05) is 5.56 Å². The van der Waals surface area contributed by atoms with Crippen molar-refractivity contribution in [2.75, 3.05) is 0 Å². The average molecular weight is 364 g/mol. The Kier molecular flexibility index (Phi) is 5.04. The van der Waals surface area contributed by atoms with Crippen LogP contribution in [-0.2, 0) is 5.60 Å². The van der Waals surface area contributed by atoms with Gasteiger partial charge < -0.3 is 9.84 Å². The lowest BCUT2D eigenvalue weighted by Crippen LogP contribution is -2.53. The molecule has 0 bridgehead atoms. The van der Waals surface area contributed by atoms with E-state index < -0.39 is 29.6 Å². The van der Waals surface area contributed by atoms with Crippen LogP contribution in [0.4, 0.5) is 26.3 Å². The molecule has 0 saturated carbocycles. The summed E-state index contributed by atoms with van der Waals surface area (Å²) in [7, 11) is 0. The van der Waals surface area contributed by atoms with E-state index in [1.54, 1.807) is 37.3 Å². The Balaban J connectivity index is 2.27. The van der Waals surface area contributed by atoms with Gasteiger partial charge in [-0.25, -0.2) is 0 Å². The molecule has 2 nitrogen and oxygen atoms in total. The third-order valence-electron chi connectivity index (χ3n) is 3.67. The predicted molar refractivity (Wildman–Crippen MR) is 77.9 cm³/mol. The van der Waals surface area contributed by atoms with Crippen LogP contribution in [0.1, 0.15) is 24.2 Å². The number of hydrogen-bond donors (Lipinski definition) is 1. The van der Waals surface area contributed by atoms with Gasteiger partial charge in [-0.1, -0.05) is 42.5 Å². The van der Waals surface area contributed by atoms with Gasteiger partial charge in [0.1, 0.15) is 11.9 Å². The van der Waals surface area contributed by atoms with Crippen molar-refractivity contribution in [3.63, 3.8) is 0 Å². The molecule has 0 aliphatic rings. The zero-order valence-corrected chi connectivity index (χ0v) is 12.9. The monoisotopic (exact) mass is 364 g/mol. The summed E-state index contributed by atoms with van der Waals surface area (Å²) in [6, 6.07) is 11.9. The molecule has 0 saturated heterocycles. The third-order valence-corrected chi connectivity index (χ3v) is 3.67. The first-order valence-electron chi connectivity index (χ1n) is 7.15. The van der Waals surface area contributed by atoms with Crippen molar-refractivity contribution in [3.8, 4) is 5.75 Å². The van der Waals surface area contributed by atoms with Gasteiger partial charge in [0.25, 0.3) is 5.60 Å². The Morgan fingerprint density at radius 1 is 0.800 bits per heavy atom. The van der Waals surface area contributed by atoms with Gasteiger partial charge in [-0.2, -0.15) is 26.3 Å². The van der Waals surface area contributed by atoms with E-state index >= 15 is 0 Å². The highest BCUT2D eigenvalue weighted by Gasteiger charge is 2.71. The molecule has 0 aromatic heterocycles. The molecule has 0 spiro atoms. The van der Waals surface area contributed by atoms with Crippen LogP contribution in [-0.4, -0.2) is 17.5 Å². The average Bonchev–Trinajstić information content (AvgIpc) is 2.53. The first-order chi connectivity index (χ1) is 11.5. The highest BCUT2D eigenvalue weighted by Crippen LogP contribution is 2.50. The van der Waals surface area contributed by atoms with Crippen molar-refractivity contribution < 1.29 is 36.2 Å². The van der Waals surface area contributed by atoms with Gasteiger partial charge in [-0.05, 0) is 24.6 Å². The zero-order chi connectivity index (χ0) is 18.9. The maximum absolute atomic E-state index is 12.8. The lowest BCUT2D eigenvalue weighted by atomic mass is 9.92. The Morgan fingerprint density at radius 2 is 1.28 bits per heavy atom. The SMILES string of the molecule is CC(Oc1ccc(C(O)(C(F)(F)F)C(F)(F)F)cc1)c1ccccc1. The third kappa shape index (κ3) is 3.73. The standard InChI is InChI=1S/C17H14F6O2/c1-11(12-5-3-2-4-6-12)25-14-9-7-13(8-10-14)15(24,16(18,19)20)17(21,22)23/h2-11,24H,1H3. The summed E-state index contributed by atoms with van der Waals surface area (Å²) in [6.45, 7) is 1.69. The second-order valence-corrected chi connectivity index (χ2v) is 5.40. The maximum atomic E-state index is 12.8. The quantitative estimate of drug-likeness (QED) is 0.762. The van der Waals surface area contributed by atoms with Gasteiger partial charge >= 0.3 is 12.4 Å². The highest BCUT2D eigenvalue weighted by atomic mass is 19.4. The van der Waals surface area contributed by atoms with Crippen molar-refractivity contribution >= 4 is 0 Å². The fourth-order valence-corrected chi connectivity index (χ4v) is 2.26. The summed E-state index contributed by atoms with van der Waals surface area (Å²) in [5.41, 5.74) is -5.48. The Hall–Kier alpha value is -2.22. The summed E-state index contributed by atoms with van der Waals surface area (Å²) in [5, 5.41) is 9.32. The number of benzene rings is 2. The molecule has 1 atom stereocenters. The maximum Gasteiger partial charge on any atom is 0.430 e. The lowest BCUT2D eigenvalue weighted by Gasteiger charge is -2.32. The minimum Gasteiger partial charge on any atom is -0.486 e. The summed E-state index contributed by atoms with van der Waals surface area (Å²) in [6.07, 6.45) is -12.3. The molecule has 0 heterocycles. The van der Waals surface area contributed by atoms with Crippen molar-refractivity contribution in [2.24, 2.45) is 0 Å². The fraction of sp³-hybridized carbons (Fsp3) is 0.294. The van der Waals surface area contributed by atoms with Crippen LogP contribution in [0.15, 0.2) is 54.6 Å². The van der Waals surface area contributed by atoms with Crippen LogP contribution >= 0.6 is 0 Å². The van der Waals surface area contributed by atoms with Gasteiger partial charge in [-0.3, -0.25) is 0 Å². The summed E-state index contributed by atoms with van der Waals surface area (Å²) in [5.74, 6) is 0.0757. The van der Waals surface area contributed by atoms with E-state index in [1.807, 2.05) is 0 Å². The fourth-order valence-electron chi connectivity index (χ4n) is 2.26. The van der Waals surface area contributed by atoms with Crippen LogP contribution in [0.2, 0.25) is 0 Å². The topological polar surface area (TPSA) is 29.5 Å². The molecule has 0 aliphatic carbocycles. The van der Waals surface area contributed by atoms with Crippen LogP contribution in [0.25, 0.3) is 0 Å². The molecule has 1 N–H and O–H groups in total. The van der Waals surface area contributed by atoms with Crippen LogP contribution in [0.5, 0.6) is 5.75 Å². The summed E-state index contributed by atoms with van der Waals surface area (Å²) in [4.78, 5) is 0. The van der Waals surface area contributed by atoms with Crippen LogP contribution in [0, 0.1) is 0 Å². The van der Waals surface area contributed by atoms with E-state index in [-0.39, 0.29) is 5.75 Å². The van der Waals surface area contributed by atoms with E-state index in [9.17, 15) is 31.4 Å². The van der Waals surface area contributed by atoms with Gasteiger partial charge in [-0.15, -0.1) is 0 Å². The van der Waals surface area contributed by atoms with Crippen molar-refractivity contribution in [1.29, 1.82) is 0 Å². The molecule has 0 radical (unpaired) electrons. The zero-order valence-electron chi connectivity index (χ0n) is 12.9. The van der Waals surface area contributed by atoms with Crippen LogP contribution in [0.3, 0.4) is 0 Å². The van der Waals surface area contributed by atoms with Crippen LogP contribution < -0.4 is 4.74 Å². The van der Waals surface area contributed by atoms with E-state index in [1.165, 1.54) is 0 Å². The molecule has 25 heavy (non-hydrogen) atoms. The van der Waals surface area contributed by atoms with Gasteiger partial charge in [0.2, 0.25) is 0 Å². The molecular weight excluding hydrogens is 350 g/mol. The number of alkyl halides is 6. The molecule has 136 valence electrons. The molecule has 1 unspecified atom stereocenters. The minimum atomic E-state index is -5.91. The van der Waals surface area contributed by atoms with E-state index in [0.717, 1.165) is 17.7 Å². The van der Waals surface area contributed by atoms with E-state index in [4.69, 9.17) is 4.74 Å². The molecular formula is C17H14F6O2. The molecule has 8 heteroatoms. The second-order valence-electron chi connectivity index (χ2n) is 5.40. The normalized spacial score (nSPS) is 14.2. The number of ether oxygens (including phenoxy) is 1. The molecule has 0 amide bonds. The molecule has 2 aromatic carbocycles. The Bertz CT molecular complexity index is 678. The number of hydrogen-bond acceptors (Lipinski definition) is 2. The van der Waals surface area contributed by atoms with E-state index in [0.29, 0.717) is 12.1 Å². The number of rotatable bonds is 4. The van der Waals surface area contributed by atoms with Crippen molar-refractivity contribution in [3.05, 3.63) is 65.7 Å². The number of aliphatic hydroxyl groups is 1. The first kappa shape index (κ1) is 19.1. The molecule has 0 aliphatic heterocycles. The molecule has 2 rings (SSSR count). The van der Waals surface area contributed by atoms with Crippen molar-refractivity contribution in [1.82, 2.24) is 0 Å². The minimum absolute atomic E-state index is 0.0757. The highest BCUT2D eigenvalue weighted by molar-refractivity contribution is 5.33. The van der Waals surface area contributed by atoms with Gasteiger partial charge in [0.15, 0.2) is 0 Å². The van der Waals surface area contributed by atoms with Gasteiger partial charge in [0.05, 0.1) is 0 Å². The predicted octanol–water partition coefficient (Wildman–Crippen LogP) is 5.14. The first-order valence-corrected chi connectivity index (χ1v) is 7.15. The summed E-state index contributed by atoms with van der Waals surface area (Å²) < 4.78 is 82.4. The molecule has 0 fully saturated rings. The van der Waals surface area contributed by atoms with E-state index in [2.05, 4.69) is 0 Å². The largest absolute Gasteiger partial charge is 0.486 e. The lowest BCUT2D eigenvalue weighted by molar-refractivity contribution is -0.376. The second kappa shape index (κ2) is 6.59. The smallest absolute Gasteiger partial charge is 0.430 e. The van der Waals surface area contributed by atoms with Crippen molar-refractivity contribution in [2.45, 2.75) is 31.0 Å². The summed E-state index contributed by atoms with van der Waals surface area (Å²) >= 11 is 0. The Labute approximate surface area is 139 Å². The number of halogens is 6. The molecule has 2 aromatic rings. The Morgan fingerprint density at radius 3 is 1.72 bits per heavy atom.